The van der Waals surface area contributed by atoms with Crippen LogP contribution in [0.1, 0.15) is 188 Å². The maximum absolute atomic E-state index is 12.1. The molecule has 0 aromatic carbocycles. The Balaban J connectivity index is 3.42. The summed E-state index contributed by atoms with van der Waals surface area (Å²) in [6, 6.07) is 0. The van der Waals surface area contributed by atoms with Crippen molar-refractivity contribution in [1.29, 1.82) is 0 Å². The fraction of sp³-hybridized carbons (Fsp3) is 0.941. The van der Waals surface area contributed by atoms with Crippen molar-refractivity contribution in [2.45, 2.75) is 188 Å². The van der Waals surface area contributed by atoms with Crippen molar-refractivity contribution in [1.82, 2.24) is 0 Å². The van der Waals surface area contributed by atoms with E-state index in [0.29, 0.717) is 32.0 Å². The molecule has 0 saturated heterocycles. The average molecular weight is 539 g/mol. The predicted octanol–water partition coefficient (Wildman–Crippen LogP) is 10.9. The monoisotopic (exact) mass is 538 g/mol. The molecule has 0 heterocycles. The van der Waals surface area contributed by atoms with Crippen LogP contribution in [-0.4, -0.2) is 25.2 Å². The Morgan fingerprint density at radius 1 is 0.474 bits per heavy atom. The highest BCUT2D eigenvalue weighted by Crippen LogP contribution is 2.19. The minimum absolute atomic E-state index is 0.00562. The fourth-order valence-electron chi connectivity index (χ4n) is 5.07. The molecule has 0 radical (unpaired) electrons. The summed E-state index contributed by atoms with van der Waals surface area (Å²) in [5.41, 5.74) is 0. The van der Waals surface area contributed by atoms with Gasteiger partial charge in [-0.15, -0.1) is 0 Å². The summed E-state index contributed by atoms with van der Waals surface area (Å²) in [6.07, 6.45) is 30.6. The van der Waals surface area contributed by atoms with Crippen LogP contribution >= 0.6 is 0 Å². The van der Waals surface area contributed by atoms with Gasteiger partial charge in [0.1, 0.15) is 0 Å². The van der Waals surface area contributed by atoms with Crippen LogP contribution in [0.15, 0.2) is 0 Å². The number of carbonyl (C=O) groups is 2. The van der Waals surface area contributed by atoms with Gasteiger partial charge in [-0.3, -0.25) is 9.59 Å². The van der Waals surface area contributed by atoms with Crippen LogP contribution in [0, 0.1) is 5.92 Å². The maximum Gasteiger partial charge on any atom is 0.306 e. The maximum atomic E-state index is 12.1. The van der Waals surface area contributed by atoms with Gasteiger partial charge in [0.25, 0.3) is 0 Å². The van der Waals surface area contributed by atoms with E-state index in [0.717, 1.165) is 38.5 Å². The summed E-state index contributed by atoms with van der Waals surface area (Å²) in [7, 11) is 0. The molecule has 0 aliphatic rings. The van der Waals surface area contributed by atoms with Gasteiger partial charge in [0, 0.05) is 12.8 Å². The van der Waals surface area contributed by atoms with Crippen LogP contribution < -0.4 is 0 Å². The molecule has 0 bridgehead atoms. The summed E-state index contributed by atoms with van der Waals surface area (Å²) in [6.45, 7) is 7.87. The van der Waals surface area contributed by atoms with E-state index >= 15 is 0 Å². The third-order valence-corrected chi connectivity index (χ3v) is 7.80. The highest BCUT2D eigenvalue weighted by atomic mass is 16.5. The molecule has 0 N–H and O–H groups in total. The van der Waals surface area contributed by atoms with E-state index in [1.807, 2.05) is 0 Å². The highest BCUT2D eigenvalue weighted by Gasteiger charge is 2.13. The number of ether oxygens (including phenoxy) is 2. The minimum atomic E-state index is -0.00562. The van der Waals surface area contributed by atoms with Gasteiger partial charge in [-0.2, -0.15) is 0 Å². The second-order valence-corrected chi connectivity index (χ2v) is 11.5. The van der Waals surface area contributed by atoms with Crippen LogP contribution in [0.4, 0.5) is 0 Å². The van der Waals surface area contributed by atoms with Crippen molar-refractivity contribution in [2.24, 2.45) is 5.92 Å². The van der Waals surface area contributed by atoms with Crippen molar-refractivity contribution in [2.75, 3.05) is 13.2 Å². The number of unbranched alkanes of at least 4 members (excludes halogenated alkanes) is 19. The Kier molecular flexibility index (Phi) is 29.6. The minimum Gasteiger partial charge on any atom is -0.466 e. The Morgan fingerprint density at radius 3 is 1.34 bits per heavy atom. The van der Waals surface area contributed by atoms with Gasteiger partial charge in [0.15, 0.2) is 0 Å². The largest absolute Gasteiger partial charge is 0.466 e. The lowest BCUT2D eigenvalue weighted by Crippen LogP contribution is -2.12. The van der Waals surface area contributed by atoms with Gasteiger partial charge in [0.05, 0.1) is 13.2 Å². The molecule has 0 aromatic heterocycles. The summed E-state index contributed by atoms with van der Waals surface area (Å²) in [4.78, 5) is 23.9. The second kappa shape index (κ2) is 30.5. The lowest BCUT2D eigenvalue weighted by Gasteiger charge is -2.14. The van der Waals surface area contributed by atoms with Gasteiger partial charge in [0.2, 0.25) is 0 Å². The zero-order chi connectivity index (χ0) is 27.9. The fourth-order valence-corrected chi connectivity index (χ4v) is 5.07. The molecule has 0 rings (SSSR count). The SMILES string of the molecule is CCCCCCCCOC(=O)CCCCCCCCCCCCC(CC)CC(=O)OCCCCCCCC. The van der Waals surface area contributed by atoms with Crippen molar-refractivity contribution >= 4 is 11.9 Å². The van der Waals surface area contributed by atoms with Gasteiger partial charge in [-0.05, 0) is 31.6 Å². The lowest BCUT2D eigenvalue weighted by atomic mass is 9.95. The smallest absolute Gasteiger partial charge is 0.306 e. The zero-order valence-corrected chi connectivity index (χ0v) is 26.0. The van der Waals surface area contributed by atoms with Gasteiger partial charge >= 0.3 is 11.9 Å². The molecule has 0 saturated carbocycles. The van der Waals surface area contributed by atoms with E-state index in [-0.39, 0.29) is 11.9 Å². The number of carbonyl (C=O) groups excluding carboxylic acids is 2. The molecule has 0 fully saturated rings. The summed E-state index contributed by atoms with van der Waals surface area (Å²) in [5.74, 6) is 0.490. The molecule has 1 atom stereocenters. The topological polar surface area (TPSA) is 52.6 Å². The highest BCUT2D eigenvalue weighted by molar-refractivity contribution is 5.69. The van der Waals surface area contributed by atoms with E-state index in [4.69, 9.17) is 9.47 Å². The molecule has 4 heteroatoms. The van der Waals surface area contributed by atoms with Crippen LogP contribution in [0.2, 0.25) is 0 Å². The number of rotatable bonds is 30. The molecular formula is C34H66O4. The van der Waals surface area contributed by atoms with Crippen molar-refractivity contribution in [3.8, 4) is 0 Å². The van der Waals surface area contributed by atoms with Crippen molar-refractivity contribution in [3.05, 3.63) is 0 Å². The lowest BCUT2D eigenvalue weighted by molar-refractivity contribution is -0.145. The van der Waals surface area contributed by atoms with E-state index in [2.05, 4.69) is 20.8 Å². The first kappa shape index (κ1) is 36.9. The molecule has 0 aromatic rings. The quantitative estimate of drug-likeness (QED) is 0.0674. The number of esters is 2. The summed E-state index contributed by atoms with van der Waals surface area (Å²) >= 11 is 0. The Labute approximate surface area is 237 Å². The molecule has 38 heavy (non-hydrogen) atoms. The van der Waals surface area contributed by atoms with Crippen molar-refractivity contribution in [3.63, 3.8) is 0 Å². The van der Waals surface area contributed by atoms with Crippen molar-refractivity contribution < 1.29 is 19.1 Å². The van der Waals surface area contributed by atoms with Gasteiger partial charge < -0.3 is 9.47 Å². The normalized spacial score (nSPS) is 12.0. The first-order valence-electron chi connectivity index (χ1n) is 16.9. The molecule has 1 unspecified atom stereocenters. The number of hydrogen-bond acceptors (Lipinski definition) is 4. The van der Waals surface area contributed by atoms with E-state index in [1.165, 1.54) is 116 Å². The van der Waals surface area contributed by atoms with Crippen LogP contribution in [-0.2, 0) is 19.1 Å². The van der Waals surface area contributed by atoms with Crippen LogP contribution in [0.5, 0.6) is 0 Å². The van der Waals surface area contributed by atoms with Crippen LogP contribution in [0.3, 0.4) is 0 Å². The molecule has 0 aliphatic carbocycles. The molecule has 0 spiro atoms. The second-order valence-electron chi connectivity index (χ2n) is 11.5. The first-order chi connectivity index (χ1) is 18.6. The molecule has 226 valence electrons. The Morgan fingerprint density at radius 2 is 0.868 bits per heavy atom. The molecule has 0 amide bonds. The molecule has 4 nitrogen and oxygen atoms in total. The van der Waals surface area contributed by atoms with E-state index < -0.39 is 0 Å². The van der Waals surface area contributed by atoms with Gasteiger partial charge in [-0.1, -0.05) is 149 Å². The predicted molar refractivity (Wildman–Crippen MR) is 162 cm³/mol. The number of hydrogen-bond donors (Lipinski definition) is 0. The molecular weight excluding hydrogens is 472 g/mol. The summed E-state index contributed by atoms with van der Waals surface area (Å²) in [5, 5.41) is 0. The van der Waals surface area contributed by atoms with Gasteiger partial charge in [-0.25, -0.2) is 0 Å². The standard InChI is InChI=1S/C34H66O4/c1-4-7-9-11-21-25-29-37-33(35)28-24-20-18-16-14-13-15-17-19-23-27-32(6-3)31-34(36)38-30-26-22-12-10-8-5-2/h32H,4-31H2,1-3H3. The van der Waals surface area contributed by atoms with Crippen LogP contribution in [0.25, 0.3) is 0 Å². The third kappa shape index (κ3) is 28.0. The molecule has 0 aliphatic heterocycles. The third-order valence-electron chi connectivity index (χ3n) is 7.80. The summed E-state index contributed by atoms with van der Waals surface area (Å²) < 4.78 is 10.8. The average Bonchev–Trinajstić information content (AvgIpc) is 2.91. The zero-order valence-electron chi connectivity index (χ0n) is 26.0. The van der Waals surface area contributed by atoms with E-state index in [1.54, 1.807) is 0 Å². The van der Waals surface area contributed by atoms with E-state index in [9.17, 15) is 9.59 Å². The Bertz CT molecular complexity index is 505. The first-order valence-corrected chi connectivity index (χ1v) is 16.9. The Hall–Kier alpha value is -1.06.